The number of nitrogens with two attached hydrogens (primary N) is 1. The molecular weight excluding hydrogens is 332 g/mol. The van der Waals surface area contributed by atoms with Crippen LogP contribution in [0.1, 0.15) is 17.2 Å². The Kier molecular flexibility index (Phi) is 5.61. The van der Waals surface area contributed by atoms with E-state index in [2.05, 4.69) is 33.5 Å². The number of rotatable bonds is 6. The third kappa shape index (κ3) is 3.97. The summed E-state index contributed by atoms with van der Waals surface area (Å²) in [5.74, 6) is 7.31. The summed E-state index contributed by atoms with van der Waals surface area (Å²) in [4.78, 5) is 0. The summed E-state index contributed by atoms with van der Waals surface area (Å²) in [6.45, 7) is 0. The van der Waals surface area contributed by atoms with Crippen LogP contribution in [-0.4, -0.2) is 14.2 Å². The third-order valence-corrected chi connectivity index (χ3v) is 3.90. The fourth-order valence-corrected chi connectivity index (χ4v) is 2.49. The van der Waals surface area contributed by atoms with E-state index in [1.54, 1.807) is 14.2 Å². The topological polar surface area (TPSA) is 56.5 Å². The van der Waals surface area contributed by atoms with Gasteiger partial charge in [0.05, 0.1) is 20.3 Å². The summed E-state index contributed by atoms with van der Waals surface area (Å²) >= 11 is 3.44. The summed E-state index contributed by atoms with van der Waals surface area (Å²) in [6.07, 6.45) is 0.757. The Bertz CT molecular complexity index is 587. The van der Waals surface area contributed by atoms with Crippen LogP contribution in [0.15, 0.2) is 46.9 Å². The normalized spacial score (nSPS) is 12.0. The number of halogens is 1. The van der Waals surface area contributed by atoms with Crippen molar-refractivity contribution >= 4 is 15.9 Å². The molecule has 2 aromatic carbocycles. The second-order valence-electron chi connectivity index (χ2n) is 4.66. The second kappa shape index (κ2) is 7.45. The van der Waals surface area contributed by atoms with Gasteiger partial charge in [0.25, 0.3) is 0 Å². The third-order valence-electron chi connectivity index (χ3n) is 3.37. The van der Waals surface area contributed by atoms with Gasteiger partial charge in [0.15, 0.2) is 0 Å². The highest BCUT2D eigenvalue weighted by atomic mass is 79.9. The molecule has 1 atom stereocenters. The highest BCUT2D eigenvalue weighted by Gasteiger charge is 2.16. The number of hydrogen-bond donors (Lipinski definition) is 2. The lowest BCUT2D eigenvalue weighted by Gasteiger charge is -2.20. The molecule has 0 fully saturated rings. The molecule has 21 heavy (non-hydrogen) atoms. The van der Waals surface area contributed by atoms with Gasteiger partial charge in [0.2, 0.25) is 0 Å². The standard InChI is InChI=1S/C16H19BrN2O2/c1-20-13-7-8-16(21-2)14(10-13)15(19-18)9-11-3-5-12(17)6-4-11/h3-8,10,15,19H,9,18H2,1-2H3. The van der Waals surface area contributed by atoms with E-state index in [0.717, 1.165) is 28.0 Å². The van der Waals surface area contributed by atoms with Crippen molar-refractivity contribution in [3.8, 4) is 11.5 Å². The van der Waals surface area contributed by atoms with Gasteiger partial charge >= 0.3 is 0 Å². The first-order chi connectivity index (χ1) is 10.2. The average molecular weight is 351 g/mol. The van der Waals surface area contributed by atoms with E-state index in [0.29, 0.717) is 0 Å². The molecule has 0 spiro atoms. The van der Waals surface area contributed by atoms with E-state index in [4.69, 9.17) is 15.3 Å². The van der Waals surface area contributed by atoms with Crippen LogP contribution in [0.2, 0.25) is 0 Å². The molecule has 0 saturated carbocycles. The van der Waals surface area contributed by atoms with Crippen LogP contribution in [-0.2, 0) is 6.42 Å². The number of nitrogens with one attached hydrogen (secondary N) is 1. The van der Waals surface area contributed by atoms with Crippen LogP contribution in [0.4, 0.5) is 0 Å². The Hall–Kier alpha value is -1.56. The largest absolute Gasteiger partial charge is 0.497 e. The zero-order valence-corrected chi connectivity index (χ0v) is 13.7. The van der Waals surface area contributed by atoms with E-state index >= 15 is 0 Å². The van der Waals surface area contributed by atoms with Gasteiger partial charge in [-0.25, -0.2) is 0 Å². The summed E-state index contributed by atoms with van der Waals surface area (Å²) in [7, 11) is 3.30. The molecule has 112 valence electrons. The van der Waals surface area contributed by atoms with Crippen molar-refractivity contribution in [3.05, 3.63) is 58.1 Å². The molecule has 0 bridgehead atoms. The second-order valence-corrected chi connectivity index (χ2v) is 5.57. The molecule has 0 radical (unpaired) electrons. The lowest BCUT2D eigenvalue weighted by Crippen LogP contribution is -2.30. The fourth-order valence-electron chi connectivity index (χ4n) is 2.23. The Balaban J connectivity index is 2.29. The van der Waals surface area contributed by atoms with Gasteiger partial charge in [-0.2, -0.15) is 0 Å². The van der Waals surface area contributed by atoms with Crippen LogP contribution in [0.5, 0.6) is 11.5 Å². The number of benzene rings is 2. The van der Waals surface area contributed by atoms with Crippen LogP contribution in [0.25, 0.3) is 0 Å². The van der Waals surface area contributed by atoms with Gasteiger partial charge in [-0.05, 0) is 42.3 Å². The smallest absolute Gasteiger partial charge is 0.123 e. The molecule has 0 aliphatic rings. The molecule has 2 rings (SSSR count). The van der Waals surface area contributed by atoms with Crippen LogP contribution < -0.4 is 20.7 Å². The molecule has 0 aromatic heterocycles. The molecule has 4 nitrogen and oxygen atoms in total. The van der Waals surface area contributed by atoms with Gasteiger partial charge < -0.3 is 9.47 Å². The minimum atomic E-state index is -0.0591. The van der Waals surface area contributed by atoms with Crippen molar-refractivity contribution in [2.75, 3.05) is 14.2 Å². The van der Waals surface area contributed by atoms with Crippen molar-refractivity contribution in [3.63, 3.8) is 0 Å². The van der Waals surface area contributed by atoms with Crippen LogP contribution in [0.3, 0.4) is 0 Å². The Morgan fingerprint density at radius 3 is 2.38 bits per heavy atom. The zero-order valence-electron chi connectivity index (χ0n) is 12.1. The SMILES string of the molecule is COc1ccc(OC)c(C(Cc2ccc(Br)cc2)NN)c1. The molecule has 3 N–H and O–H groups in total. The Morgan fingerprint density at radius 2 is 1.81 bits per heavy atom. The monoisotopic (exact) mass is 350 g/mol. The predicted octanol–water partition coefficient (Wildman–Crippen LogP) is 3.21. The average Bonchev–Trinajstić information content (AvgIpc) is 2.53. The number of methoxy groups -OCH3 is 2. The quantitative estimate of drug-likeness (QED) is 0.620. The molecular formula is C16H19BrN2O2. The molecule has 5 heteroatoms. The maximum atomic E-state index is 5.74. The van der Waals surface area contributed by atoms with Gasteiger partial charge in [0.1, 0.15) is 11.5 Å². The van der Waals surface area contributed by atoms with Crippen molar-refractivity contribution in [2.45, 2.75) is 12.5 Å². The lowest BCUT2D eigenvalue weighted by atomic mass is 9.98. The fraction of sp³-hybridized carbons (Fsp3) is 0.250. The van der Waals surface area contributed by atoms with E-state index in [9.17, 15) is 0 Å². The lowest BCUT2D eigenvalue weighted by molar-refractivity contribution is 0.389. The van der Waals surface area contributed by atoms with Crippen molar-refractivity contribution < 1.29 is 9.47 Å². The van der Waals surface area contributed by atoms with E-state index in [1.165, 1.54) is 5.56 Å². The van der Waals surface area contributed by atoms with Crippen LogP contribution >= 0.6 is 15.9 Å². The maximum Gasteiger partial charge on any atom is 0.123 e. The molecule has 0 heterocycles. The molecule has 0 amide bonds. The zero-order chi connectivity index (χ0) is 15.2. The summed E-state index contributed by atoms with van der Waals surface area (Å²) < 4.78 is 11.8. The van der Waals surface area contributed by atoms with Crippen molar-refractivity contribution in [2.24, 2.45) is 5.84 Å². The summed E-state index contributed by atoms with van der Waals surface area (Å²) in [6, 6.07) is 13.8. The first-order valence-electron chi connectivity index (χ1n) is 6.60. The summed E-state index contributed by atoms with van der Waals surface area (Å²) in [5.41, 5.74) is 5.02. The number of hydrogen-bond acceptors (Lipinski definition) is 4. The molecule has 2 aromatic rings. The van der Waals surface area contributed by atoms with Gasteiger partial charge in [-0.15, -0.1) is 0 Å². The maximum absolute atomic E-state index is 5.74. The minimum Gasteiger partial charge on any atom is -0.497 e. The first-order valence-corrected chi connectivity index (χ1v) is 7.39. The van der Waals surface area contributed by atoms with E-state index in [-0.39, 0.29) is 6.04 Å². The molecule has 0 saturated heterocycles. The highest BCUT2D eigenvalue weighted by Crippen LogP contribution is 2.31. The van der Waals surface area contributed by atoms with Gasteiger partial charge in [-0.3, -0.25) is 11.3 Å². The molecule has 0 aliphatic carbocycles. The van der Waals surface area contributed by atoms with Gasteiger partial charge in [0, 0.05) is 10.0 Å². The number of ether oxygens (including phenoxy) is 2. The van der Waals surface area contributed by atoms with Crippen molar-refractivity contribution in [1.29, 1.82) is 0 Å². The van der Waals surface area contributed by atoms with Gasteiger partial charge in [-0.1, -0.05) is 28.1 Å². The first kappa shape index (κ1) is 15.8. The van der Waals surface area contributed by atoms with Crippen molar-refractivity contribution in [1.82, 2.24) is 5.43 Å². The predicted molar refractivity (Wildman–Crippen MR) is 87.5 cm³/mol. The van der Waals surface area contributed by atoms with E-state index in [1.807, 2.05) is 30.3 Å². The number of hydrazine groups is 1. The van der Waals surface area contributed by atoms with E-state index < -0.39 is 0 Å². The molecule has 0 aliphatic heterocycles. The molecule has 1 unspecified atom stereocenters. The minimum absolute atomic E-state index is 0.0591. The highest BCUT2D eigenvalue weighted by molar-refractivity contribution is 9.10. The Labute approximate surface area is 133 Å². The summed E-state index contributed by atoms with van der Waals surface area (Å²) in [5, 5.41) is 0. The Morgan fingerprint density at radius 1 is 1.10 bits per heavy atom. The van der Waals surface area contributed by atoms with Crippen LogP contribution in [0, 0.1) is 0 Å².